The Bertz CT molecular complexity index is 3260. The summed E-state index contributed by atoms with van der Waals surface area (Å²) in [6, 6.07) is 76.8. The van der Waals surface area contributed by atoms with Gasteiger partial charge in [-0.05, 0) is 103 Å². The van der Waals surface area contributed by atoms with Crippen LogP contribution in [0.25, 0.3) is 87.6 Å². The maximum absolute atomic E-state index is 6.38. The van der Waals surface area contributed by atoms with E-state index in [1.54, 1.807) is 0 Å². The van der Waals surface area contributed by atoms with Crippen LogP contribution in [0.4, 0.5) is 17.1 Å². The third kappa shape index (κ3) is 5.34. The lowest BCUT2D eigenvalue weighted by molar-refractivity contribution is 0.669. The smallest absolute Gasteiger partial charge is 0.135 e. The first kappa shape index (κ1) is 32.0. The summed E-state index contributed by atoms with van der Waals surface area (Å²) in [4.78, 5) is 2.48. The molecule has 2 heteroatoms. The van der Waals surface area contributed by atoms with E-state index >= 15 is 0 Å². The van der Waals surface area contributed by atoms with Gasteiger partial charge in [0.05, 0.1) is 11.4 Å². The zero-order valence-electron chi connectivity index (χ0n) is 30.6. The standard InChI is InChI=1S/C54H35NO/c1-2-13-36(14-3-1)41-28-30-50(48(34-41)46-23-12-19-38-16-6-8-20-44(38)46)55(43-29-32-53-49(35-43)47-22-10-11-24-52(47)56-53)51-31-27-39-17-7-9-21-45(39)54(51)42-26-25-37-15-4-5-18-40(37)33-42/h1-35H. The topological polar surface area (TPSA) is 16.4 Å². The first-order valence-corrected chi connectivity index (χ1v) is 19.2. The molecule has 0 spiro atoms. The molecular formula is C54H35NO. The second kappa shape index (κ2) is 13.2. The van der Waals surface area contributed by atoms with Crippen molar-refractivity contribution in [2.75, 3.05) is 4.90 Å². The molecule has 11 aromatic rings. The molecule has 0 radical (unpaired) electrons. The van der Waals surface area contributed by atoms with Gasteiger partial charge in [0.2, 0.25) is 0 Å². The van der Waals surface area contributed by atoms with Gasteiger partial charge in [-0.2, -0.15) is 0 Å². The van der Waals surface area contributed by atoms with E-state index in [9.17, 15) is 0 Å². The van der Waals surface area contributed by atoms with Crippen LogP contribution in [0.1, 0.15) is 0 Å². The summed E-state index contributed by atoms with van der Waals surface area (Å²) in [5.41, 5.74) is 12.0. The van der Waals surface area contributed by atoms with Crippen LogP contribution in [0.5, 0.6) is 0 Å². The van der Waals surface area contributed by atoms with Crippen LogP contribution in [0, 0.1) is 0 Å². The van der Waals surface area contributed by atoms with Crippen molar-refractivity contribution in [3.05, 3.63) is 212 Å². The predicted molar refractivity (Wildman–Crippen MR) is 237 cm³/mol. The number of fused-ring (bicyclic) bond motifs is 6. The molecule has 0 amide bonds. The second-order valence-electron chi connectivity index (χ2n) is 14.5. The average Bonchev–Trinajstić information content (AvgIpc) is 3.64. The molecule has 0 aliphatic heterocycles. The Labute approximate surface area is 325 Å². The van der Waals surface area contributed by atoms with E-state index in [2.05, 4.69) is 211 Å². The van der Waals surface area contributed by atoms with E-state index in [1.165, 1.54) is 60.1 Å². The fraction of sp³-hybridized carbons (Fsp3) is 0. The van der Waals surface area contributed by atoms with E-state index < -0.39 is 0 Å². The zero-order valence-corrected chi connectivity index (χ0v) is 30.6. The Balaban J connectivity index is 1.26. The number of para-hydroxylation sites is 1. The molecule has 1 aromatic heterocycles. The predicted octanol–water partition coefficient (Wildman–Crippen LogP) is 15.5. The Morgan fingerprint density at radius 3 is 1.79 bits per heavy atom. The van der Waals surface area contributed by atoms with E-state index in [-0.39, 0.29) is 0 Å². The van der Waals surface area contributed by atoms with Crippen molar-refractivity contribution in [2.45, 2.75) is 0 Å². The molecule has 56 heavy (non-hydrogen) atoms. The van der Waals surface area contributed by atoms with Crippen molar-refractivity contribution < 1.29 is 4.42 Å². The molecule has 0 N–H and O–H groups in total. The average molecular weight is 714 g/mol. The van der Waals surface area contributed by atoms with Gasteiger partial charge in [0.25, 0.3) is 0 Å². The monoisotopic (exact) mass is 713 g/mol. The van der Waals surface area contributed by atoms with Crippen molar-refractivity contribution >= 4 is 71.3 Å². The van der Waals surface area contributed by atoms with Crippen LogP contribution in [0.2, 0.25) is 0 Å². The minimum absolute atomic E-state index is 0.872. The minimum Gasteiger partial charge on any atom is -0.456 e. The molecule has 0 unspecified atom stereocenters. The Morgan fingerprint density at radius 2 is 0.929 bits per heavy atom. The van der Waals surface area contributed by atoms with Crippen molar-refractivity contribution in [3.8, 4) is 33.4 Å². The van der Waals surface area contributed by atoms with E-state index in [0.29, 0.717) is 0 Å². The highest BCUT2D eigenvalue weighted by Gasteiger charge is 2.24. The lowest BCUT2D eigenvalue weighted by Gasteiger charge is -2.31. The summed E-state index contributed by atoms with van der Waals surface area (Å²) in [5.74, 6) is 0. The van der Waals surface area contributed by atoms with Crippen molar-refractivity contribution in [3.63, 3.8) is 0 Å². The number of nitrogens with zero attached hydrogens (tertiary/aromatic N) is 1. The van der Waals surface area contributed by atoms with Gasteiger partial charge in [0.1, 0.15) is 11.2 Å². The maximum atomic E-state index is 6.38. The van der Waals surface area contributed by atoms with Gasteiger partial charge in [-0.1, -0.05) is 164 Å². The van der Waals surface area contributed by atoms with Crippen LogP contribution in [-0.4, -0.2) is 0 Å². The fourth-order valence-corrected chi connectivity index (χ4v) is 8.57. The highest BCUT2D eigenvalue weighted by molar-refractivity contribution is 6.11. The van der Waals surface area contributed by atoms with E-state index in [4.69, 9.17) is 4.42 Å². The number of anilines is 3. The molecule has 0 saturated carbocycles. The molecule has 2 nitrogen and oxygen atoms in total. The van der Waals surface area contributed by atoms with Crippen LogP contribution < -0.4 is 4.90 Å². The van der Waals surface area contributed by atoms with Crippen LogP contribution in [0.3, 0.4) is 0 Å². The summed E-state index contributed by atoms with van der Waals surface area (Å²) >= 11 is 0. The zero-order chi connectivity index (χ0) is 37.0. The number of benzene rings is 10. The largest absolute Gasteiger partial charge is 0.456 e. The highest BCUT2D eigenvalue weighted by atomic mass is 16.3. The van der Waals surface area contributed by atoms with Crippen LogP contribution in [-0.2, 0) is 0 Å². The summed E-state index contributed by atoms with van der Waals surface area (Å²) in [6.45, 7) is 0. The third-order valence-corrected chi connectivity index (χ3v) is 11.2. The second-order valence-corrected chi connectivity index (χ2v) is 14.5. The Kier molecular flexibility index (Phi) is 7.53. The van der Waals surface area contributed by atoms with Gasteiger partial charge >= 0.3 is 0 Å². The van der Waals surface area contributed by atoms with Gasteiger partial charge in [-0.15, -0.1) is 0 Å². The van der Waals surface area contributed by atoms with Crippen LogP contribution >= 0.6 is 0 Å². The SMILES string of the molecule is c1ccc(-c2ccc(N(c3ccc4oc5ccccc5c4c3)c3ccc4ccccc4c3-c3ccc4ccccc4c3)c(-c3cccc4ccccc34)c2)cc1. The van der Waals surface area contributed by atoms with E-state index in [0.717, 1.165) is 44.6 Å². The molecule has 0 bridgehead atoms. The Morgan fingerprint density at radius 1 is 0.304 bits per heavy atom. The molecule has 0 aliphatic rings. The lowest BCUT2D eigenvalue weighted by Crippen LogP contribution is -2.13. The van der Waals surface area contributed by atoms with Gasteiger partial charge in [-0.3, -0.25) is 0 Å². The molecule has 0 atom stereocenters. The summed E-state index contributed by atoms with van der Waals surface area (Å²) < 4.78 is 6.38. The van der Waals surface area contributed by atoms with Gasteiger partial charge < -0.3 is 9.32 Å². The number of furan rings is 1. The molecule has 0 aliphatic carbocycles. The number of hydrogen-bond acceptors (Lipinski definition) is 2. The van der Waals surface area contributed by atoms with Crippen molar-refractivity contribution in [1.82, 2.24) is 0 Å². The maximum Gasteiger partial charge on any atom is 0.135 e. The van der Waals surface area contributed by atoms with Gasteiger partial charge in [0.15, 0.2) is 0 Å². The fourth-order valence-electron chi connectivity index (χ4n) is 8.57. The highest BCUT2D eigenvalue weighted by Crippen LogP contribution is 2.49. The molecular weight excluding hydrogens is 679 g/mol. The van der Waals surface area contributed by atoms with Crippen LogP contribution in [0.15, 0.2) is 217 Å². The number of hydrogen-bond donors (Lipinski definition) is 0. The number of rotatable bonds is 6. The van der Waals surface area contributed by atoms with Crippen molar-refractivity contribution in [1.29, 1.82) is 0 Å². The van der Waals surface area contributed by atoms with Crippen molar-refractivity contribution in [2.24, 2.45) is 0 Å². The third-order valence-electron chi connectivity index (χ3n) is 11.2. The Hall–Kier alpha value is -7.42. The summed E-state index contributed by atoms with van der Waals surface area (Å²) in [7, 11) is 0. The first-order chi connectivity index (χ1) is 27.8. The van der Waals surface area contributed by atoms with Gasteiger partial charge in [-0.25, -0.2) is 0 Å². The molecule has 0 fully saturated rings. The molecule has 11 rings (SSSR count). The molecule has 262 valence electrons. The lowest BCUT2D eigenvalue weighted by atomic mass is 9.91. The quantitative estimate of drug-likeness (QED) is 0.171. The normalized spacial score (nSPS) is 11.6. The summed E-state index contributed by atoms with van der Waals surface area (Å²) in [5, 5.41) is 9.45. The minimum atomic E-state index is 0.872. The molecule has 0 saturated heterocycles. The first-order valence-electron chi connectivity index (χ1n) is 19.2. The summed E-state index contributed by atoms with van der Waals surface area (Å²) in [6.07, 6.45) is 0. The molecule has 10 aromatic carbocycles. The molecule has 1 heterocycles. The van der Waals surface area contributed by atoms with Gasteiger partial charge in [0, 0.05) is 27.6 Å². The van der Waals surface area contributed by atoms with E-state index in [1.807, 2.05) is 6.07 Å².